The molecule has 0 unspecified atom stereocenters. The van der Waals surface area contributed by atoms with Crippen molar-refractivity contribution in [2.45, 2.75) is 13.3 Å². The number of hydrogen-bond acceptors (Lipinski definition) is 4. The van der Waals surface area contributed by atoms with Crippen LogP contribution in [0.2, 0.25) is 0 Å². The van der Waals surface area contributed by atoms with Crippen molar-refractivity contribution >= 4 is 22.9 Å². The van der Waals surface area contributed by atoms with E-state index in [1.54, 1.807) is 17.5 Å². The number of thiazole rings is 1. The van der Waals surface area contributed by atoms with Gasteiger partial charge >= 0.3 is 0 Å². The number of hydrogen-bond donors (Lipinski definition) is 1. The van der Waals surface area contributed by atoms with Gasteiger partial charge in [0, 0.05) is 23.5 Å². The summed E-state index contributed by atoms with van der Waals surface area (Å²) in [6.07, 6.45) is 3.77. The largest absolute Gasteiger partial charge is 0.459 e. The van der Waals surface area contributed by atoms with Gasteiger partial charge in [0.25, 0.3) is 0 Å². The van der Waals surface area contributed by atoms with Crippen LogP contribution in [0, 0.1) is 12.7 Å². The lowest BCUT2D eigenvalue weighted by Gasteiger charge is -2.09. The lowest BCUT2D eigenvalue weighted by atomic mass is 10.2. The van der Waals surface area contributed by atoms with Gasteiger partial charge in [0.15, 0.2) is 10.8 Å². The molecule has 1 aromatic carbocycles. The first-order valence-corrected chi connectivity index (χ1v) is 9.20. The van der Waals surface area contributed by atoms with E-state index in [1.807, 2.05) is 48.1 Å². The maximum atomic E-state index is 14.1. The Morgan fingerprint density at radius 3 is 2.81 bits per heavy atom. The Morgan fingerprint density at radius 2 is 2.07 bits per heavy atom. The van der Waals surface area contributed by atoms with E-state index in [1.165, 1.54) is 17.4 Å². The molecule has 0 aliphatic rings. The highest BCUT2D eigenvalue weighted by molar-refractivity contribution is 7.13. The number of furan rings is 1. The van der Waals surface area contributed by atoms with Crippen molar-refractivity contribution in [3.63, 3.8) is 0 Å². The van der Waals surface area contributed by atoms with Crippen LogP contribution < -0.4 is 5.32 Å². The number of rotatable bonds is 5. The summed E-state index contributed by atoms with van der Waals surface area (Å²) < 4.78 is 21.5. The summed E-state index contributed by atoms with van der Waals surface area (Å²) in [6, 6.07) is 12.1. The predicted octanol–water partition coefficient (Wildman–Crippen LogP) is 4.82. The van der Waals surface area contributed by atoms with Crippen LogP contribution in [0.5, 0.6) is 0 Å². The molecule has 1 amide bonds. The highest BCUT2D eigenvalue weighted by Gasteiger charge is 2.13. The van der Waals surface area contributed by atoms with Crippen molar-refractivity contribution in [3.8, 4) is 16.5 Å². The highest BCUT2D eigenvalue weighted by Crippen LogP contribution is 2.26. The molecule has 7 heteroatoms. The first-order valence-electron chi connectivity index (χ1n) is 8.32. The smallest absolute Gasteiger partial charge is 0.230 e. The molecular formula is C20H16FN3O2S. The van der Waals surface area contributed by atoms with Crippen molar-refractivity contribution in [1.82, 2.24) is 9.55 Å². The predicted molar refractivity (Wildman–Crippen MR) is 103 cm³/mol. The number of aromatic nitrogens is 2. The number of amides is 1. The van der Waals surface area contributed by atoms with Crippen molar-refractivity contribution < 1.29 is 13.6 Å². The topological polar surface area (TPSA) is 60.1 Å². The molecule has 0 fully saturated rings. The molecule has 136 valence electrons. The van der Waals surface area contributed by atoms with Gasteiger partial charge < -0.3 is 14.3 Å². The summed E-state index contributed by atoms with van der Waals surface area (Å²) in [6.45, 7) is 1.86. The summed E-state index contributed by atoms with van der Waals surface area (Å²) in [7, 11) is 0. The number of anilines is 1. The number of halogens is 1. The standard InChI is InChI=1S/C20H16FN3O2S/c1-13-4-7-18(26-13)20-22-14(12-27-20)10-19(25)23-17-11-15(5-6-16(17)21)24-8-2-3-9-24/h2-9,11-12H,10H2,1H3,(H,23,25). The van der Waals surface area contributed by atoms with E-state index < -0.39 is 5.82 Å². The van der Waals surface area contributed by atoms with Crippen LogP contribution in [0.3, 0.4) is 0 Å². The van der Waals surface area contributed by atoms with Gasteiger partial charge in [-0.25, -0.2) is 9.37 Å². The fourth-order valence-electron chi connectivity index (χ4n) is 2.69. The molecule has 0 bridgehead atoms. The zero-order valence-electron chi connectivity index (χ0n) is 14.5. The van der Waals surface area contributed by atoms with Crippen LogP contribution in [0.1, 0.15) is 11.5 Å². The summed E-state index contributed by atoms with van der Waals surface area (Å²) in [5, 5.41) is 5.15. The highest BCUT2D eigenvalue weighted by atomic mass is 32.1. The molecule has 4 rings (SSSR count). The third kappa shape index (κ3) is 3.83. The second-order valence-corrected chi connectivity index (χ2v) is 6.89. The summed E-state index contributed by atoms with van der Waals surface area (Å²) >= 11 is 1.41. The third-order valence-electron chi connectivity index (χ3n) is 3.97. The molecule has 3 heterocycles. The number of aryl methyl sites for hydroxylation is 1. The maximum Gasteiger partial charge on any atom is 0.230 e. The van der Waals surface area contributed by atoms with E-state index in [-0.39, 0.29) is 18.0 Å². The van der Waals surface area contributed by atoms with Gasteiger partial charge in [-0.2, -0.15) is 0 Å². The molecule has 4 aromatic rings. The second kappa shape index (κ2) is 7.20. The Hall–Kier alpha value is -3.19. The normalized spacial score (nSPS) is 10.9. The van der Waals surface area contributed by atoms with E-state index in [0.717, 1.165) is 11.4 Å². The molecule has 0 saturated heterocycles. The minimum atomic E-state index is -0.482. The monoisotopic (exact) mass is 381 g/mol. The quantitative estimate of drug-likeness (QED) is 0.539. The number of benzene rings is 1. The van der Waals surface area contributed by atoms with Crippen molar-refractivity contribution in [3.05, 3.63) is 77.5 Å². The van der Waals surface area contributed by atoms with Gasteiger partial charge in [-0.1, -0.05) is 0 Å². The van der Waals surface area contributed by atoms with Crippen LogP contribution in [0.4, 0.5) is 10.1 Å². The Balaban J connectivity index is 1.47. The molecule has 0 radical (unpaired) electrons. The minimum Gasteiger partial charge on any atom is -0.459 e. The minimum absolute atomic E-state index is 0.0589. The van der Waals surface area contributed by atoms with Crippen LogP contribution in [-0.4, -0.2) is 15.5 Å². The molecule has 0 atom stereocenters. The summed E-state index contributed by atoms with van der Waals surface area (Å²) in [4.78, 5) is 16.8. The van der Waals surface area contributed by atoms with E-state index in [2.05, 4.69) is 10.3 Å². The molecule has 27 heavy (non-hydrogen) atoms. The Labute approximate surface area is 159 Å². The van der Waals surface area contributed by atoms with Gasteiger partial charge in [0.2, 0.25) is 5.91 Å². The van der Waals surface area contributed by atoms with E-state index in [4.69, 9.17) is 4.42 Å². The van der Waals surface area contributed by atoms with E-state index >= 15 is 0 Å². The number of carbonyl (C=O) groups is 1. The van der Waals surface area contributed by atoms with Crippen LogP contribution in [0.25, 0.3) is 16.5 Å². The summed E-state index contributed by atoms with van der Waals surface area (Å²) in [5.74, 6) is 0.669. The fourth-order valence-corrected chi connectivity index (χ4v) is 3.47. The Morgan fingerprint density at radius 1 is 1.26 bits per heavy atom. The van der Waals surface area contributed by atoms with E-state index in [9.17, 15) is 9.18 Å². The van der Waals surface area contributed by atoms with Gasteiger partial charge in [-0.15, -0.1) is 11.3 Å². The number of carbonyl (C=O) groups excluding carboxylic acids is 1. The zero-order chi connectivity index (χ0) is 18.8. The van der Waals surface area contributed by atoms with Crippen molar-refractivity contribution in [2.75, 3.05) is 5.32 Å². The second-order valence-electron chi connectivity index (χ2n) is 6.03. The lowest BCUT2D eigenvalue weighted by molar-refractivity contribution is -0.115. The fraction of sp³-hybridized carbons (Fsp3) is 0.100. The first kappa shape index (κ1) is 17.2. The Kier molecular flexibility index (Phi) is 4.60. The van der Waals surface area contributed by atoms with Gasteiger partial charge in [0.05, 0.1) is 17.8 Å². The van der Waals surface area contributed by atoms with Crippen LogP contribution in [-0.2, 0) is 11.2 Å². The van der Waals surface area contributed by atoms with Gasteiger partial charge in [-0.05, 0) is 49.4 Å². The zero-order valence-corrected chi connectivity index (χ0v) is 15.3. The van der Waals surface area contributed by atoms with Gasteiger partial charge in [0.1, 0.15) is 11.6 Å². The first-order chi connectivity index (χ1) is 13.1. The molecule has 0 spiro atoms. The Bertz CT molecular complexity index is 1080. The molecule has 0 saturated carbocycles. The molecule has 3 aromatic heterocycles. The molecule has 5 nitrogen and oxygen atoms in total. The maximum absolute atomic E-state index is 14.1. The summed E-state index contributed by atoms with van der Waals surface area (Å²) in [5.41, 5.74) is 1.52. The van der Waals surface area contributed by atoms with E-state index in [0.29, 0.717) is 16.5 Å². The van der Waals surface area contributed by atoms with Gasteiger partial charge in [-0.3, -0.25) is 4.79 Å². The number of nitrogens with zero attached hydrogens (tertiary/aromatic N) is 2. The third-order valence-corrected chi connectivity index (χ3v) is 4.88. The number of nitrogens with one attached hydrogen (secondary N) is 1. The molecular weight excluding hydrogens is 365 g/mol. The molecule has 0 aliphatic carbocycles. The molecule has 0 aliphatic heterocycles. The lowest BCUT2D eigenvalue weighted by Crippen LogP contribution is -2.15. The molecule has 1 N–H and O–H groups in total. The van der Waals surface area contributed by atoms with Crippen LogP contribution >= 0.6 is 11.3 Å². The average molecular weight is 381 g/mol. The van der Waals surface area contributed by atoms with Crippen molar-refractivity contribution in [1.29, 1.82) is 0 Å². The van der Waals surface area contributed by atoms with Crippen molar-refractivity contribution in [2.24, 2.45) is 0 Å². The SMILES string of the molecule is Cc1ccc(-c2nc(CC(=O)Nc3cc(-n4cccc4)ccc3F)cs2)o1. The average Bonchev–Trinajstić information content (AvgIpc) is 3.38. The van der Waals surface area contributed by atoms with Crippen LogP contribution in [0.15, 0.2) is 64.7 Å².